The number of aliphatic carboxylic acids is 2. The van der Waals surface area contributed by atoms with Crippen LogP contribution in [-0.4, -0.2) is 34.5 Å². The minimum absolute atomic E-state index is 0.0347. The summed E-state index contributed by atoms with van der Waals surface area (Å²) in [7, 11) is 1.60. The van der Waals surface area contributed by atoms with Crippen molar-refractivity contribution < 1.29 is 38.6 Å². The zero-order chi connectivity index (χ0) is 29.6. The first-order valence-electron chi connectivity index (χ1n) is 12.8. The Hall–Kier alpha value is -5.02. The Morgan fingerprint density at radius 1 is 1.00 bits per heavy atom. The first kappa shape index (κ1) is 30.5. The molecule has 4 aromatic rings. The van der Waals surface area contributed by atoms with E-state index in [1.807, 2.05) is 71.8 Å². The van der Waals surface area contributed by atoms with Gasteiger partial charge in [-0.15, -0.1) is 0 Å². The first-order chi connectivity index (χ1) is 19.7. The fourth-order valence-electron chi connectivity index (χ4n) is 3.98. The number of carbonyl (C=O) groups excluding carboxylic acids is 2. The van der Waals surface area contributed by atoms with Crippen LogP contribution >= 0.6 is 0 Å². The largest absolute Gasteiger partial charge is 0.545 e. The van der Waals surface area contributed by atoms with E-state index >= 15 is 0 Å². The van der Waals surface area contributed by atoms with E-state index < -0.39 is 11.9 Å². The lowest BCUT2D eigenvalue weighted by molar-refractivity contribution is -0.682. The van der Waals surface area contributed by atoms with Crippen LogP contribution in [0.4, 0.5) is 0 Å². The second kappa shape index (κ2) is 15.5. The van der Waals surface area contributed by atoms with Gasteiger partial charge in [0.15, 0.2) is 6.54 Å². The monoisotopic (exact) mass is 556 g/mol. The lowest BCUT2D eigenvalue weighted by atomic mass is 10.0. The van der Waals surface area contributed by atoms with Crippen molar-refractivity contribution in [3.63, 3.8) is 0 Å². The van der Waals surface area contributed by atoms with Gasteiger partial charge in [-0.2, -0.15) is 0 Å². The molecular weight excluding hydrogens is 524 g/mol. The molecule has 0 saturated heterocycles. The van der Waals surface area contributed by atoms with Gasteiger partial charge in [0.05, 0.1) is 19.7 Å². The number of methoxy groups -OCH3 is 1. The number of imidazole rings is 1. The molecule has 0 spiro atoms. The summed E-state index contributed by atoms with van der Waals surface area (Å²) in [5, 5.41) is 17.2. The number of Topliss-reactive ketones (excluding diaryl/α,β-unsaturated/α-hetero) is 1. The van der Waals surface area contributed by atoms with Crippen LogP contribution in [0.2, 0.25) is 0 Å². The van der Waals surface area contributed by atoms with Crippen LogP contribution < -0.4 is 14.4 Å². The van der Waals surface area contributed by atoms with Crippen LogP contribution in [-0.2, 0) is 34.0 Å². The molecular formula is C32H32N2O7. The third-order valence-corrected chi connectivity index (χ3v) is 6.03. The SMILES string of the molecule is COc1cccc(C(=O)C[n+]2ccn(CC(OCc3ccccc3)c3ccccc3C)c2)c1.O=C([O-])C=CC(=O)O. The molecule has 41 heavy (non-hydrogen) atoms. The van der Waals surface area contributed by atoms with Crippen molar-refractivity contribution in [2.75, 3.05) is 7.11 Å². The minimum Gasteiger partial charge on any atom is -0.545 e. The van der Waals surface area contributed by atoms with Crippen molar-refractivity contribution in [2.24, 2.45) is 0 Å². The Morgan fingerprint density at radius 3 is 2.39 bits per heavy atom. The Kier molecular flexibility index (Phi) is 11.6. The fourth-order valence-corrected chi connectivity index (χ4v) is 3.98. The molecule has 1 aromatic heterocycles. The van der Waals surface area contributed by atoms with Crippen LogP contribution in [0.15, 0.2) is 110 Å². The highest BCUT2D eigenvalue weighted by Crippen LogP contribution is 2.24. The molecule has 1 N–H and O–H groups in total. The molecule has 0 aliphatic carbocycles. The van der Waals surface area contributed by atoms with Crippen molar-refractivity contribution >= 4 is 17.7 Å². The molecule has 9 nitrogen and oxygen atoms in total. The molecule has 0 fully saturated rings. The molecule has 0 amide bonds. The molecule has 0 aliphatic rings. The summed E-state index contributed by atoms with van der Waals surface area (Å²) in [6.45, 7) is 3.56. The predicted octanol–water partition coefficient (Wildman–Crippen LogP) is 3.31. The molecule has 0 radical (unpaired) electrons. The molecule has 1 atom stereocenters. The van der Waals surface area contributed by atoms with Gasteiger partial charge in [0.1, 0.15) is 30.8 Å². The minimum atomic E-state index is -1.51. The third-order valence-electron chi connectivity index (χ3n) is 6.03. The van der Waals surface area contributed by atoms with Gasteiger partial charge in [0.25, 0.3) is 0 Å². The first-order valence-corrected chi connectivity index (χ1v) is 12.8. The molecule has 0 bridgehead atoms. The number of carboxylic acids is 2. The molecule has 212 valence electrons. The Morgan fingerprint density at radius 2 is 1.73 bits per heavy atom. The molecule has 4 rings (SSSR count). The van der Waals surface area contributed by atoms with Crippen molar-refractivity contribution in [1.29, 1.82) is 0 Å². The van der Waals surface area contributed by atoms with Crippen molar-refractivity contribution in [2.45, 2.75) is 32.7 Å². The molecule has 1 heterocycles. The normalized spacial score (nSPS) is 11.4. The van der Waals surface area contributed by atoms with E-state index in [2.05, 4.69) is 35.8 Å². The summed E-state index contributed by atoms with van der Waals surface area (Å²) >= 11 is 0. The average Bonchev–Trinajstić information content (AvgIpc) is 3.42. The maximum absolute atomic E-state index is 12.7. The second-order valence-electron chi connectivity index (χ2n) is 9.07. The maximum Gasteiger partial charge on any atom is 0.328 e. The smallest absolute Gasteiger partial charge is 0.328 e. The summed E-state index contributed by atoms with van der Waals surface area (Å²) in [4.78, 5) is 31.7. The van der Waals surface area contributed by atoms with Crippen LogP contribution in [0.1, 0.15) is 33.2 Å². The Balaban J connectivity index is 0.000000507. The van der Waals surface area contributed by atoms with E-state index in [1.54, 1.807) is 13.2 Å². The lowest BCUT2D eigenvalue weighted by Gasteiger charge is -2.19. The van der Waals surface area contributed by atoms with Gasteiger partial charge in [-0.3, -0.25) is 4.79 Å². The Labute approximate surface area is 238 Å². The highest BCUT2D eigenvalue weighted by molar-refractivity contribution is 5.95. The summed E-state index contributed by atoms with van der Waals surface area (Å²) in [6, 6.07) is 25.8. The highest BCUT2D eigenvalue weighted by Gasteiger charge is 2.19. The number of hydrogen-bond donors (Lipinski definition) is 1. The van der Waals surface area contributed by atoms with Gasteiger partial charge in [-0.05, 0) is 41.8 Å². The molecule has 1 unspecified atom stereocenters. The summed E-state index contributed by atoms with van der Waals surface area (Å²) in [5.41, 5.74) is 4.14. The number of carbonyl (C=O) groups is 3. The van der Waals surface area contributed by atoms with E-state index in [1.165, 1.54) is 11.1 Å². The number of rotatable bonds is 12. The fraction of sp³-hybridized carbons (Fsp3) is 0.188. The molecule has 3 aromatic carbocycles. The standard InChI is InChI=1S/C28H29N2O3.C4H4O4/c1-22-9-6-7-14-26(22)28(33-20-23-10-4-3-5-11-23)19-30-16-15-29(21-30)18-27(31)24-12-8-13-25(17-24)32-2;5-3(6)1-2-4(7)8/h3-17,21,28H,18-20H2,1-2H3;1-2H,(H,5,6)(H,7,8)/q+1;/p-1. The molecule has 9 heteroatoms. The lowest BCUT2D eigenvalue weighted by Crippen LogP contribution is -2.36. The second-order valence-corrected chi connectivity index (χ2v) is 9.07. The van der Waals surface area contributed by atoms with Crippen LogP contribution in [0.3, 0.4) is 0 Å². The van der Waals surface area contributed by atoms with E-state index in [0.29, 0.717) is 36.6 Å². The van der Waals surface area contributed by atoms with Gasteiger partial charge in [-0.25, -0.2) is 13.9 Å². The highest BCUT2D eigenvalue weighted by atomic mass is 16.5. The number of ketones is 1. The summed E-state index contributed by atoms with van der Waals surface area (Å²) < 4.78 is 15.6. The van der Waals surface area contributed by atoms with E-state index in [4.69, 9.17) is 14.6 Å². The third kappa shape index (κ3) is 10.2. The number of ether oxygens (including phenoxy) is 2. The summed E-state index contributed by atoms with van der Waals surface area (Å²) in [6.07, 6.45) is 6.69. The number of benzene rings is 3. The van der Waals surface area contributed by atoms with Gasteiger partial charge in [-0.1, -0.05) is 66.7 Å². The Bertz CT molecular complexity index is 1460. The maximum atomic E-state index is 12.7. The van der Waals surface area contributed by atoms with Crippen molar-refractivity contribution in [1.82, 2.24) is 4.57 Å². The van der Waals surface area contributed by atoms with Crippen molar-refractivity contribution in [3.05, 3.63) is 132 Å². The van der Waals surface area contributed by atoms with E-state index in [9.17, 15) is 19.5 Å². The predicted molar refractivity (Wildman–Crippen MR) is 149 cm³/mol. The number of hydrogen-bond acceptors (Lipinski definition) is 6. The number of carboxylic acid groups (broad SMARTS) is 2. The molecule has 0 saturated carbocycles. The number of aromatic nitrogens is 2. The van der Waals surface area contributed by atoms with Gasteiger partial charge < -0.3 is 24.5 Å². The van der Waals surface area contributed by atoms with Crippen molar-refractivity contribution in [3.8, 4) is 5.75 Å². The van der Waals surface area contributed by atoms with Crippen LogP contribution in [0.25, 0.3) is 0 Å². The zero-order valence-electron chi connectivity index (χ0n) is 22.9. The topological polar surface area (TPSA) is 122 Å². The van der Waals surface area contributed by atoms with E-state index in [0.717, 1.165) is 5.56 Å². The zero-order valence-corrected chi connectivity index (χ0v) is 22.9. The number of aryl methyl sites for hydroxylation is 1. The van der Waals surface area contributed by atoms with Gasteiger partial charge >= 0.3 is 5.97 Å². The van der Waals surface area contributed by atoms with E-state index in [-0.39, 0.29) is 18.4 Å². The summed E-state index contributed by atoms with van der Waals surface area (Å²) in [5.74, 6) is -2.09. The quantitative estimate of drug-likeness (QED) is 0.161. The van der Waals surface area contributed by atoms with Crippen LogP contribution in [0, 0.1) is 6.92 Å². The number of nitrogens with zero attached hydrogens (tertiary/aromatic N) is 2. The average molecular weight is 557 g/mol. The van der Waals surface area contributed by atoms with Gasteiger partial charge in [0, 0.05) is 11.6 Å². The van der Waals surface area contributed by atoms with Gasteiger partial charge in [0.2, 0.25) is 12.1 Å². The molecule has 0 aliphatic heterocycles. The van der Waals surface area contributed by atoms with Crippen LogP contribution in [0.5, 0.6) is 5.75 Å².